The molecule has 1 aromatic carbocycles. The predicted molar refractivity (Wildman–Crippen MR) is 84.2 cm³/mol. The minimum absolute atomic E-state index is 0.0170. The van der Waals surface area contributed by atoms with Gasteiger partial charge in [0.05, 0.1) is 22.3 Å². The van der Waals surface area contributed by atoms with Gasteiger partial charge in [0, 0.05) is 14.1 Å². The van der Waals surface area contributed by atoms with Crippen LogP contribution < -0.4 is 11.4 Å². The molecule has 0 aliphatic carbocycles. The van der Waals surface area contributed by atoms with Crippen LogP contribution in [0.4, 0.5) is 0 Å². The molecule has 0 saturated carbocycles. The third-order valence-corrected chi connectivity index (χ3v) is 3.51. The maximum atomic E-state index is 11.9. The molecule has 0 amide bonds. The van der Waals surface area contributed by atoms with Crippen molar-refractivity contribution < 1.29 is 0 Å². The molecule has 1 aromatic heterocycles. The molecule has 2 N–H and O–H groups in total. The van der Waals surface area contributed by atoms with Crippen LogP contribution in [0, 0.1) is 34.0 Å². The van der Waals surface area contributed by atoms with E-state index >= 15 is 0 Å². The Balaban J connectivity index is 2.66. The molecule has 0 fully saturated rings. The molecule has 0 radical (unpaired) electrons. The molecule has 112 valence electrons. The number of hydrogen-bond donors (Lipinski definition) is 1. The van der Waals surface area contributed by atoms with Crippen molar-refractivity contribution in [3.8, 4) is 18.2 Å². The highest BCUT2D eigenvalue weighted by atomic mass is 16.1. The topological polar surface area (TPSA) is 124 Å². The fraction of sp³-hybridized carbons (Fsp3) is 0.125. The number of allylic oxidation sites excluding steroid dienone is 2. The number of aryl methyl sites for hydroxylation is 2. The number of nitrogens with zero attached hydrogens (tertiary/aromatic N) is 5. The summed E-state index contributed by atoms with van der Waals surface area (Å²) in [6.45, 7) is 0. The normalized spacial score (nSPS) is 10.7. The van der Waals surface area contributed by atoms with Crippen LogP contribution in [0.15, 0.2) is 39.8 Å². The van der Waals surface area contributed by atoms with Crippen molar-refractivity contribution in [2.75, 3.05) is 0 Å². The van der Waals surface area contributed by atoms with Gasteiger partial charge in [0.25, 0.3) is 0 Å². The zero-order valence-electron chi connectivity index (χ0n) is 12.5. The van der Waals surface area contributed by atoms with E-state index in [9.17, 15) is 10.1 Å². The highest BCUT2D eigenvalue weighted by Crippen LogP contribution is 2.18. The summed E-state index contributed by atoms with van der Waals surface area (Å²) in [4.78, 5) is 11.9. The Morgan fingerprint density at radius 1 is 1.09 bits per heavy atom. The molecule has 0 aliphatic rings. The molecule has 2 rings (SSSR count). The van der Waals surface area contributed by atoms with Crippen LogP contribution >= 0.6 is 0 Å². The van der Waals surface area contributed by atoms with E-state index in [0.717, 1.165) is 5.52 Å². The summed E-state index contributed by atoms with van der Waals surface area (Å²) in [5.74, 6) is 0. The Morgan fingerprint density at radius 2 is 1.70 bits per heavy atom. The highest BCUT2D eigenvalue weighted by molar-refractivity contribution is 5.80. The quantitative estimate of drug-likeness (QED) is 0.655. The van der Waals surface area contributed by atoms with Crippen LogP contribution in [0.3, 0.4) is 0 Å². The molecule has 0 aliphatic heterocycles. The average molecular weight is 304 g/mol. The summed E-state index contributed by atoms with van der Waals surface area (Å²) >= 11 is 0. The van der Waals surface area contributed by atoms with Crippen molar-refractivity contribution in [2.24, 2.45) is 19.8 Å². The Labute approximate surface area is 132 Å². The van der Waals surface area contributed by atoms with E-state index in [0.29, 0.717) is 11.1 Å². The second-order valence-electron chi connectivity index (χ2n) is 4.83. The van der Waals surface area contributed by atoms with Crippen LogP contribution in [0.5, 0.6) is 0 Å². The van der Waals surface area contributed by atoms with E-state index in [1.165, 1.54) is 15.2 Å². The fourth-order valence-corrected chi connectivity index (χ4v) is 2.23. The predicted octanol–water partition coefficient (Wildman–Crippen LogP) is 1.04. The third kappa shape index (κ3) is 2.57. The number of rotatable bonds is 2. The van der Waals surface area contributed by atoms with Gasteiger partial charge < -0.3 is 5.73 Å². The first-order valence-corrected chi connectivity index (χ1v) is 6.52. The van der Waals surface area contributed by atoms with Gasteiger partial charge >= 0.3 is 5.69 Å². The van der Waals surface area contributed by atoms with E-state index in [1.54, 1.807) is 44.4 Å². The van der Waals surface area contributed by atoms with E-state index in [-0.39, 0.29) is 22.5 Å². The number of hydrogen-bond acceptors (Lipinski definition) is 5. The number of imidazole rings is 1. The summed E-state index contributed by atoms with van der Waals surface area (Å²) in [7, 11) is 3.33. The standard InChI is InChI=1S/C16H12N6O/c1-21-13-4-3-10(6-14(13)22(2)16(21)23)5-11(7-17)15(20)12(8-18)9-19/h3-6H,20H2,1-2H3. The Kier molecular flexibility index (Phi) is 4.03. The van der Waals surface area contributed by atoms with Crippen molar-refractivity contribution in [1.82, 2.24) is 9.13 Å². The minimum Gasteiger partial charge on any atom is -0.396 e. The number of benzene rings is 1. The van der Waals surface area contributed by atoms with E-state index in [1.807, 2.05) is 6.07 Å². The monoisotopic (exact) mass is 304 g/mol. The van der Waals surface area contributed by atoms with E-state index < -0.39 is 0 Å². The lowest BCUT2D eigenvalue weighted by Crippen LogP contribution is -2.19. The summed E-state index contributed by atoms with van der Waals surface area (Å²) in [5, 5.41) is 26.9. The second-order valence-corrected chi connectivity index (χ2v) is 4.83. The molecule has 23 heavy (non-hydrogen) atoms. The lowest BCUT2D eigenvalue weighted by Gasteiger charge is -2.01. The largest absolute Gasteiger partial charge is 0.396 e. The molecule has 7 nitrogen and oxygen atoms in total. The van der Waals surface area contributed by atoms with Crippen LogP contribution in [-0.2, 0) is 14.1 Å². The van der Waals surface area contributed by atoms with Crippen LogP contribution in [0.25, 0.3) is 17.1 Å². The van der Waals surface area contributed by atoms with Crippen molar-refractivity contribution >= 4 is 17.1 Å². The lowest BCUT2D eigenvalue weighted by molar-refractivity contribution is 0.795. The van der Waals surface area contributed by atoms with Crippen LogP contribution in [0.2, 0.25) is 0 Å². The third-order valence-electron chi connectivity index (χ3n) is 3.51. The summed E-state index contributed by atoms with van der Waals surface area (Å²) < 4.78 is 3.01. The molecule has 1 heterocycles. The molecule has 0 unspecified atom stereocenters. The van der Waals surface area contributed by atoms with Gasteiger partial charge in [-0.2, -0.15) is 15.8 Å². The van der Waals surface area contributed by atoms with Gasteiger partial charge in [0.1, 0.15) is 18.2 Å². The van der Waals surface area contributed by atoms with Gasteiger partial charge in [0.15, 0.2) is 5.57 Å². The first-order valence-electron chi connectivity index (χ1n) is 6.52. The van der Waals surface area contributed by atoms with Crippen molar-refractivity contribution in [3.63, 3.8) is 0 Å². The van der Waals surface area contributed by atoms with E-state index in [4.69, 9.17) is 16.3 Å². The Bertz CT molecular complexity index is 1030. The molecule has 0 bridgehead atoms. The summed E-state index contributed by atoms with van der Waals surface area (Å²) in [5.41, 5.74) is 7.17. The molecule has 7 heteroatoms. The van der Waals surface area contributed by atoms with Gasteiger partial charge in [-0.1, -0.05) is 6.07 Å². The molecule has 0 spiro atoms. The van der Waals surface area contributed by atoms with Gasteiger partial charge in [-0.05, 0) is 23.8 Å². The number of nitrogens with two attached hydrogens (primary N) is 1. The van der Waals surface area contributed by atoms with Gasteiger partial charge in [-0.25, -0.2) is 4.79 Å². The molecule has 2 aromatic rings. The Morgan fingerprint density at radius 3 is 2.26 bits per heavy atom. The summed E-state index contributed by atoms with van der Waals surface area (Å²) in [6, 6.07) is 10.4. The van der Waals surface area contributed by atoms with Gasteiger partial charge in [-0.3, -0.25) is 9.13 Å². The average Bonchev–Trinajstić information content (AvgIpc) is 2.78. The zero-order valence-corrected chi connectivity index (χ0v) is 12.5. The maximum Gasteiger partial charge on any atom is 0.328 e. The maximum absolute atomic E-state index is 11.9. The number of fused-ring (bicyclic) bond motifs is 1. The van der Waals surface area contributed by atoms with Crippen molar-refractivity contribution in [2.45, 2.75) is 0 Å². The molecule has 0 atom stereocenters. The van der Waals surface area contributed by atoms with Gasteiger partial charge in [0.2, 0.25) is 0 Å². The van der Waals surface area contributed by atoms with Crippen molar-refractivity contribution in [1.29, 1.82) is 15.8 Å². The van der Waals surface area contributed by atoms with Gasteiger partial charge in [-0.15, -0.1) is 0 Å². The highest BCUT2D eigenvalue weighted by Gasteiger charge is 2.10. The lowest BCUT2D eigenvalue weighted by atomic mass is 10.1. The SMILES string of the molecule is Cn1c(=O)n(C)c2cc(C=C(C#N)C(N)=C(C#N)C#N)ccc21. The van der Waals surface area contributed by atoms with Crippen LogP contribution in [0.1, 0.15) is 5.56 Å². The van der Waals surface area contributed by atoms with E-state index in [2.05, 4.69) is 0 Å². The number of nitriles is 3. The number of aromatic nitrogens is 2. The second kappa shape index (κ2) is 5.93. The zero-order chi connectivity index (χ0) is 17.1. The molecule has 0 saturated heterocycles. The Hall–Kier alpha value is -3.76. The minimum atomic E-state index is -0.314. The van der Waals surface area contributed by atoms with Crippen molar-refractivity contribution in [3.05, 3.63) is 51.1 Å². The molecular weight excluding hydrogens is 292 g/mol. The van der Waals surface area contributed by atoms with Crippen LogP contribution in [-0.4, -0.2) is 9.13 Å². The smallest absolute Gasteiger partial charge is 0.328 e. The first-order chi connectivity index (χ1) is 10.9. The molecular formula is C16H12N6O. The summed E-state index contributed by atoms with van der Waals surface area (Å²) in [6.07, 6.45) is 1.47. The fourth-order valence-electron chi connectivity index (χ4n) is 2.23. The first kappa shape index (κ1) is 15.6.